The second-order valence-corrected chi connectivity index (χ2v) is 8.72. The van der Waals surface area contributed by atoms with Crippen LogP contribution in [0.15, 0.2) is 52.9 Å². The van der Waals surface area contributed by atoms with Crippen LogP contribution in [0, 0.1) is 13.8 Å². The van der Waals surface area contributed by atoms with Crippen molar-refractivity contribution in [3.8, 4) is 17.2 Å². The van der Waals surface area contributed by atoms with Crippen LogP contribution in [-0.2, 0) is 4.79 Å². The lowest BCUT2D eigenvalue weighted by molar-refractivity contribution is -0.122. The minimum absolute atomic E-state index is 0.326. The van der Waals surface area contributed by atoms with Crippen molar-refractivity contribution in [3.63, 3.8) is 0 Å². The summed E-state index contributed by atoms with van der Waals surface area (Å²) in [5, 5.41) is 4.09. The molecule has 4 rings (SSSR count). The summed E-state index contributed by atoms with van der Waals surface area (Å²) in [5.74, 6) is 0.396. The highest BCUT2D eigenvalue weighted by Crippen LogP contribution is 2.34. The van der Waals surface area contributed by atoms with E-state index in [9.17, 15) is 4.79 Å². The number of hydrogen-bond donors (Lipinski definition) is 1. The Morgan fingerprint density at radius 3 is 2.56 bits per heavy atom. The van der Waals surface area contributed by atoms with Gasteiger partial charge in [0.05, 0.1) is 15.6 Å². The van der Waals surface area contributed by atoms with Gasteiger partial charge in [-0.15, -0.1) is 0 Å². The van der Waals surface area contributed by atoms with Crippen molar-refractivity contribution in [3.05, 3.63) is 74.7 Å². The number of nitrogens with zero attached hydrogens (tertiary/aromatic N) is 1. The lowest BCUT2D eigenvalue weighted by Gasteiger charge is -2.16. The fraction of sp³-hybridized carbons (Fsp3) is 0.167. The highest BCUT2D eigenvalue weighted by atomic mass is 35.5. The van der Waals surface area contributed by atoms with E-state index in [0.717, 1.165) is 16.6 Å². The Bertz CT molecular complexity index is 1330. The molecule has 0 aliphatic rings. The molecule has 0 aliphatic carbocycles. The van der Waals surface area contributed by atoms with Gasteiger partial charge in [-0.25, -0.2) is 4.98 Å². The molecule has 1 heterocycles. The molecule has 0 spiro atoms. The maximum atomic E-state index is 12.7. The fourth-order valence-electron chi connectivity index (χ4n) is 3.32. The van der Waals surface area contributed by atoms with Crippen molar-refractivity contribution >= 4 is 57.5 Å². The summed E-state index contributed by atoms with van der Waals surface area (Å²) in [6, 6.07) is 13.9. The average Bonchev–Trinajstić information content (AvgIpc) is 3.15. The van der Waals surface area contributed by atoms with E-state index < -0.39 is 6.10 Å². The monoisotopic (exact) mass is 488 g/mol. The number of carbonyl (C=O) groups excluding carboxylic acids is 1. The van der Waals surface area contributed by atoms with Crippen molar-refractivity contribution < 1.29 is 13.9 Å². The van der Waals surface area contributed by atoms with E-state index in [4.69, 9.17) is 44.0 Å². The van der Waals surface area contributed by atoms with Crippen molar-refractivity contribution in [1.82, 2.24) is 4.98 Å². The molecule has 0 bridgehead atoms. The lowest BCUT2D eigenvalue weighted by atomic mass is 10.1. The largest absolute Gasteiger partial charge is 0.479 e. The number of aryl methyl sites for hydroxylation is 2. The van der Waals surface area contributed by atoms with E-state index in [1.54, 1.807) is 43.3 Å². The number of nitrogens with one attached hydrogen (secondary N) is 1. The van der Waals surface area contributed by atoms with Crippen LogP contribution >= 0.6 is 34.8 Å². The van der Waals surface area contributed by atoms with Crippen LogP contribution in [0.25, 0.3) is 22.6 Å². The predicted molar refractivity (Wildman–Crippen MR) is 129 cm³/mol. The van der Waals surface area contributed by atoms with Crippen LogP contribution in [-0.4, -0.2) is 17.0 Å². The highest BCUT2D eigenvalue weighted by molar-refractivity contribution is 6.35. The van der Waals surface area contributed by atoms with Gasteiger partial charge in [-0.3, -0.25) is 4.79 Å². The first-order valence-corrected chi connectivity index (χ1v) is 10.9. The second kappa shape index (κ2) is 9.02. The van der Waals surface area contributed by atoms with Crippen LogP contribution in [0.3, 0.4) is 0 Å². The second-order valence-electron chi connectivity index (χ2n) is 7.47. The molecule has 1 unspecified atom stereocenters. The number of amides is 1. The number of oxazole rings is 1. The van der Waals surface area contributed by atoms with E-state index in [1.807, 2.05) is 26.0 Å². The van der Waals surface area contributed by atoms with Crippen molar-refractivity contribution in [2.45, 2.75) is 26.9 Å². The number of rotatable bonds is 5. The smallest absolute Gasteiger partial charge is 0.265 e. The number of halogens is 3. The summed E-state index contributed by atoms with van der Waals surface area (Å²) in [7, 11) is 0. The van der Waals surface area contributed by atoms with Gasteiger partial charge in [0.25, 0.3) is 5.91 Å². The Hall–Kier alpha value is -2.73. The standard InChI is InChI=1S/C24H19Cl3N2O3/c1-12-8-13(2)22-20(9-12)29-24(32-22)17-11-16(5-6-18(17)26)28-23(30)14(3)31-21-7-4-15(25)10-19(21)27/h4-11,14H,1-3H3,(H,28,30). The van der Waals surface area contributed by atoms with Crippen LogP contribution in [0.5, 0.6) is 5.75 Å². The van der Waals surface area contributed by atoms with E-state index >= 15 is 0 Å². The molecule has 8 heteroatoms. The molecule has 4 aromatic rings. The van der Waals surface area contributed by atoms with Gasteiger partial charge in [0.1, 0.15) is 11.3 Å². The zero-order valence-electron chi connectivity index (χ0n) is 17.5. The minimum Gasteiger partial charge on any atom is -0.479 e. The third-order valence-corrected chi connectivity index (χ3v) is 5.71. The molecule has 0 saturated carbocycles. The fourth-order valence-corrected chi connectivity index (χ4v) is 3.97. The van der Waals surface area contributed by atoms with Crippen molar-refractivity contribution in [2.75, 3.05) is 5.32 Å². The summed E-state index contributed by atoms with van der Waals surface area (Å²) in [4.78, 5) is 17.3. The summed E-state index contributed by atoms with van der Waals surface area (Å²) < 4.78 is 11.6. The molecule has 0 saturated heterocycles. The summed E-state index contributed by atoms with van der Waals surface area (Å²) >= 11 is 18.4. The van der Waals surface area contributed by atoms with E-state index in [0.29, 0.717) is 43.5 Å². The molecule has 0 aliphatic heterocycles. The Balaban J connectivity index is 1.56. The van der Waals surface area contributed by atoms with Crippen molar-refractivity contribution in [1.29, 1.82) is 0 Å². The zero-order chi connectivity index (χ0) is 23.0. The maximum Gasteiger partial charge on any atom is 0.265 e. The third kappa shape index (κ3) is 4.70. The van der Waals surface area contributed by atoms with Crippen LogP contribution in [0.2, 0.25) is 15.1 Å². The molecule has 0 fully saturated rings. The molecule has 3 aromatic carbocycles. The summed E-state index contributed by atoms with van der Waals surface area (Å²) in [5.41, 5.74) is 4.65. The molecule has 32 heavy (non-hydrogen) atoms. The van der Waals surface area contributed by atoms with E-state index in [-0.39, 0.29) is 5.91 Å². The SMILES string of the molecule is Cc1cc(C)c2oc(-c3cc(NC(=O)C(C)Oc4ccc(Cl)cc4Cl)ccc3Cl)nc2c1. The number of hydrogen-bond acceptors (Lipinski definition) is 4. The molecular formula is C24H19Cl3N2O3. The first-order valence-electron chi connectivity index (χ1n) is 9.81. The van der Waals surface area contributed by atoms with Gasteiger partial charge < -0.3 is 14.5 Å². The Morgan fingerprint density at radius 1 is 1.03 bits per heavy atom. The topological polar surface area (TPSA) is 64.4 Å². The number of aromatic nitrogens is 1. The van der Waals surface area contributed by atoms with Gasteiger partial charge >= 0.3 is 0 Å². The Labute approximate surface area is 200 Å². The van der Waals surface area contributed by atoms with Gasteiger partial charge in [-0.1, -0.05) is 40.9 Å². The molecular weight excluding hydrogens is 471 g/mol. The van der Waals surface area contributed by atoms with Crippen LogP contribution < -0.4 is 10.1 Å². The first-order chi connectivity index (χ1) is 15.2. The summed E-state index contributed by atoms with van der Waals surface area (Å²) in [6.45, 7) is 5.60. The number of carbonyl (C=O) groups is 1. The number of benzene rings is 3. The molecule has 0 radical (unpaired) electrons. The van der Waals surface area contributed by atoms with Gasteiger partial charge in [0, 0.05) is 10.7 Å². The first kappa shape index (κ1) is 22.5. The van der Waals surface area contributed by atoms with Gasteiger partial charge in [0.15, 0.2) is 11.7 Å². The zero-order valence-corrected chi connectivity index (χ0v) is 19.8. The molecule has 1 N–H and O–H groups in total. The predicted octanol–water partition coefficient (Wildman–Crippen LogP) is 7.48. The molecule has 164 valence electrons. The Morgan fingerprint density at radius 2 is 1.81 bits per heavy atom. The number of fused-ring (bicyclic) bond motifs is 1. The molecule has 5 nitrogen and oxygen atoms in total. The number of anilines is 1. The summed E-state index contributed by atoms with van der Waals surface area (Å²) in [6.07, 6.45) is -0.803. The average molecular weight is 490 g/mol. The molecule has 1 aromatic heterocycles. The van der Waals surface area contributed by atoms with Crippen molar-refractivity contribution in [2.24, 2.45) is 0 Å². The van der Waals surface area contributed by atoms with Gasteiger partial charge in [-0.2, -0.15) is 0 Å². The third-order valence-electron chi connectivity index (χ3n) is 4.85. The quantitative estimate of drug-likeness (QED) is 0.316. The van der Waals surface area contributed by atoms with Gasteiger partial charge in [0.2, 0.25) is 5.89 Å². The highest BCUT2D eigenvalue weighted by Gasteiger charge is 2.19. The molecule has 1 amide bonds. The van der Waals surface area contributed by atoms with E-state index in [2.05, 4.69) is 10.3 Å². The maximum absolute atomic E-state index is 12.7. The van der Waals surface area contributed by atoms with E-state index in [1.165, 1.54) is 0 Å². The number of ether oxygens (including phenoxy) is 1. The molecule has 1 atom stereocenters. The minimum atomic E-state index is -0.803. The normalized spacial score (nSPS) is 12.1. The van der Waals surface area contributed by atoms with Crippen LogP contribution in [0.4, 0.5) is 5.69 Å². The Kier molecular flexibility index (Phi) is 6.33. The van der Waals surface area contributed by atoms with Gasteiger partial charge in [-0.05, 0) is 74.4 Å². The van der Waals surface area contributed by atoms with Crippen LogP contribution in [0.1, 0.15) is 18.1 Å². The lowest BCUT2D eigenvalue weighted by Crippen LogP contribution is -2.30.